The number of nitrogens with zero attached hydrogens (tertiary/aromatic N) is 4. The van der Waals surface area contributed by atoms with Crippen molar-refractivity contribution < 1.29 is 0 Å². The second-order valence-electron chi connectivity index (χ2n) is 3.02. The summed E-state index contributed by atoms with van der Waals surface area (Å²) in [5, 5.41) is 7.88. The topological polar surface area (TPSA) is 60.7 Å². The first-order valence-electron chi connectivity index (χ1n) is 4.35. The van der Waals surface area contributed by atoms with Crippen LogP contribution >= 0.6 is 27.5 Å². The Morgan fingerprint density at radius 2 is 2.19 bits per heavy atom. The first-order valence-corrected chi connectivity index (χ1v) is 5.52. The lowest BCUT2D eigenvalue weighted by Crippen LogP contribution is -2.21. The van der Waals surface area contributed by atoms with Crippen molar-refractivity contribution in [2.75, 3.05) is 0 Å². The van der Waals surface area contributed by atoms with Crippen molar-refractivity contribution in [1.82, 2.24) is 19.7 Å². The molecule has 0 saturated carbocycles. The number of halogens is 2. The van der Waals surface area contributed by atoms with Gasteiger partial charge in [0, 0.05) is 6.20 Å². The van der Waals surface area contributed by atoms with Gasteiger partial charge in [0.05, 0.1) is 18.6 Å². The van der Waals surface area contributed by atoms with Crippen LogP contribution in [0.1, 0.15) is 5.69 Å². The molecule has 0 aliphatic carbocycles. The highest BCUT2D eigenvalue weighted by Crippen LogP contribution is 2.04. The van der Waals surface area contributed by atoms with Gasteiger partial charge in [0.1, 0.15) is 4.47 Å². The largest absolute Gasteiger partial charge is 0.292 e. The van der Waals surface area contributed by atoms with Crippen LogP contribution in [0.3, 0.4) is 0 Å². The van der Waals surface area contributed by atoms with Crippen LogP contribution < -0.4 is 5.56 Å². The molecule has 0 aromatic carbocycles. The Morgan fingerprint density at radius 3 is 2.88 bits per heavy atom. The normalized spacial score (nSPS) is 10.4. The fraction of sp³-hybridized carbons (Fsp3) is 0.111. The van der Waals surface area contributed by atoms with Crippen molar-refractivity contribution in [1.29, 1.82) is 0 Å². The summed E-state index contributed by atoms with van der Waals surface area (Å²) >= 11 is 8.73. The number of aromatic nitrogens is 4. The van der Waals surface area contributed by atoms with E-state index in [4.69, 9.17) is 11.6 Å². The highest BCUT2D eigenvalue weighted by Gasteiger charge is 2.03. The summed E-state index contributed by atoms with van der Waals surface area (Å²) in [7, 11) is 0. The van der Waals surface area contributed by atoms with Gasteiger partial charge in [0.15, 0.2) is 5.15 Å². The van der Waals surface area contributed by atoms with Crippen LogP contribution in [-0.2, 0) is 6.54 Å². The van der Waals surface area contributed by atoms with Gasteiger partial charge in [-0.15, -0.1) is 5.10 Å². The maximum Gasteiger partial charge on any atom is 0.267 e. The Balaban J connectivity index is 2.31. The molecule has 2 aromatic rings. The van der Waals surface area contributed by atoms with Crippen molar-refractivity contribution >= 4 is 27.5 Å². The Morgan fingerprint density at radius 1 is 1.38 bits per heavy atom. The van der Waals surface area contributed by atoms with E-state index in [0.717, 1.165) is 0 Å². The molecule has 0 unspecified atom stereocenters. The van der Waals surface area contributed by atoms with E-state index in [1.54, 1.807) is 12.1 Å². The Bertz CT molecular complexity index is 554. The monoisotopic (exact) mass is 300 g/mol. The van der Waals surface area contributed by atoms with Crippen LogP contribution in [-0.4, -0.2) is 19.7 Å². The van der Waals surface area contributed by atoms with Gasteiger partial charge in [-0.3, -0.25) is 9.36 Å². The van der Waals surface area contributed by atoms with Gasteiger partial charge in [0.25, 0.3) is 5.56 Å². The molecule has 16 heavy (non-hydrogen) atoms. The van der Waals surface area contributed by atoms with Crippen molar-refractivity contribution in [3.05, 3.63) is 50.3 Å². The molecule has 0 spiro atoms. The van der Waals surface area contributed by atoms with Gasteiger partial charge in [-0.2, -0.15) is 5.10 Å². The van der Waals surface area contributed by atoms with Gasteiger partial charge >= 0.3 is 0 Å². The third kappa shape index (κ3) is 2.45. The number of hydrogen-bond donors (Lipinski definition) is 0. The molecule has 7 heteroatoms. The third-order valence-electron chi connectivity index (χ3n) is 1.88. The predicted molar refractivity (Wildman–Crippen MR) is 62.3 cm³/mol. The number of hydrogen-bond acceptors (Lipinski definition) is 4. The van der Waals surface area contributed by atoms with Gasteiger partial charge < -0.3 is 0 Å². The van der Waals surface area contributed by atoms with Crippen molar-refractivity contribution in [2.24, 2.45) is 0 Å². The SMILES string of the molecule is O=c1c(Br)cncn1Cc1ccc(Cl)nn1. The summed E-state index contributed by atoms with van der Waals surface area (Å²) in [5.74, 6) is 0. The molecular weight excluding hydrogens is 295 g/mol. The summed E-state index contributed by atoms with van der Waals surface area (Å²) in [6.07, 6.45) is 2.90. The Kier molecular flexibility index (Phi) is 3.31. The lowest BCUT2D eigenvalue weighted by molar-refractivity contribution is 0.701. The molecule has 0 aliphatic rings. The van der Waals surface area contributed by atoms with Crippen LogP contribution in [0.25, 0.3) is 0 Å². The van der Waals surface area contributed by atoms with Crippen molar-refractivity contribution in [3.63, 3.8) is 0 Å². The van der Waals surface area contributed by atoms with Crippen molar-refractivity contribution in [3.8, 4) is 0 Å². The highest BCUT2D eigenvalue weighted by molar-refractivity contribution is 9.10. The summed E-state index contributed by atoms with van der Waals surface area (Å²) in [4.78, 5) is 15.5. The fourth-order valence-corrected chi connectivity index (χ4v) is 1.59. The van der Waals surface area contributed by atoms with Gasteiger partial charge in [-0.25, -0.2) is 4.98 Å². The molecular formula is C9H6BrClN4O. The van der Waals surface area contributed by atoms with Crippen LogP contribution in [0.15, 0.2) is 33.9 Å². The molecule has 5 nitrogen and oxygen atoms in total. The van der Waals surface area contributed by atoms with Crippen LogP contribution in [0.4, 0.5) is 0 Å². The van der Waals surface area contributed by atoms with E-state index in [0.29, 0.717) is 21.9 Å². The molecule has 0 saturated heterocycles. The molecule has 2 heterocycles. The highest BCUT2D eigenvalue weighted by atomic mass is 79.9. The number of rotatable bonds is 2. The van der Waals surface area contributed by atoms with Crippen LogP contribution in [0.2, 0.25) is 5.15 Å². The van der Waals surface area contributed by atoms with E-state index in [1.807, 2.05) is 0 Å². The molecule has 0 amide bonds. The molecule has 0 N–H and O–H groups in total. The maximum absolute atomic E-state index is 11.6. The molecule has 2 aromatic heterocycles. The second kappa shape index (κ2) is 4.71. The van der Waals surface area contributed by atoms with Gasteiger partial charge in [0.2, 0.25) is 0 Å². The van der Waals surface area contributed by atoms with Crippen molar-refractivity contribution in [2.45, 2.75) is 6.54 Å². The average Bonchev–Trinajstić information content (AvgIpc) is 2.28. The average molecular weight is 302 g/mol. The third-order valence-corrected chi connectivity index (χ3v) is 2.62. The predicted octanol–water partition coefficient (Wildman–Crippen LogP) is 1.50. The van der Waals surface area contributed by atoms with E-state index in [2.05, 4.69) is 31.1 Å². The Labute approximate surface area is 104 Å². The van der Waals surface area contributed by atoms with Gasteiger partial charge in [-0.1, -0.05) is 11.6 Å². The van der Waals surface area contributed by atoms with E-state index < -0.39 is 0 Å². The summed E-state index contributed by atoms with van der Waals surface area (Å²) in [5.41, 5.74) is 0.484. The summed E-state index contributed by atoms with van der Waals surface area (Å²) in [6.45, 7) is 0.315. The van der Waals surface area contributed by atoms with E-state index in [-0.39, 0.29) is 5.56 Å². The molecule has 0 fully saturated rings. The maximum atomic E-state index is 11.6. The van der Waals surface area contributed by atoms with Gasteiger partial charge in [-0.05, 0) is 28.1 Å². The smallest absolute Gasteiger partial charge is 0.267 e. The van der Waals surface area contributed by atoms with Crippen LogP contribution in [0.5, 0.6) is 0 Å². The summed E-state index contributed by atoms with van der Waals surface area (Å²) < 4.78 is 1.85. The molecule has 2 rings (SSSR count). The molecule has 0 bridgehead atoms. The first-order chi connectivity index (χ1) is 7.66. The second-order valence-corrected chi connectivity index (χ2v) is 4.26. The zero-order chi connectivity index (χ0) is 11.5. The van der Waals surface area contributed by atoms with E-state index >= 15 is 0 Å². The quantitative estimate of drug-likeness (QED) is 0.843. The molecule has 82 valence electrons. The fourth-order valence-electron chi connectivity index (χ4n) is 1.14. The molecule has 0 radical (unpaired) electrons. The molecule has 0 atom stereocenters. The lowest BCUT2D eigenvalue weighted by Gasteiger charge is -2.03. The Hall–Kier alpha value is -1.27. The minimum absolute atomic E-state index is 0.160. The summed E-state index contributed by atoms with van der Waals surface area (Å²) in [6, 6.07) is 3.34. The van der Waals surface area contributed by atoms with E-state index in [1.165, 1.54) is 17.1 Å². The minimum Gasteiger partial charge on any atom is -0.292 e. The first kappa shape index (κ1) is 11.2. The lowest BCUT2D eigenvalue weighted by atomic mass is 10.4. The minimum atomic E-state index is -0.160. The molecule has 0 aliphatic heterocycles. The zero-order valence-electron chi connectivity index (χ0n) is 7.97. The van der Waals surface area contributed by atoms with Crippen LogP contribution in [0, 0.1) is 0 Å². The standard InChI is InChI=1S/C9H6BrClN4O/c10-7-3-12-5-15(9(7)16)4-6-1-2-8(11)14-13-6/h1-3,5H,4H2. The zero-order valence-corrected chi connectivity index (χ0v) is 10.3. The van der Waals surface area contributed by atoms with E-state index in [9.17, 15) is 4.79 Å².